The van der Waals surface area contributed by atoms with E-state index >= 15 is 4.39 Å². The van der Waals surface area contributed by atoms with Gasteiger partial charge in [-0.15, -0.1) is 0 Å². The summed E-state index contributed by atoms with van der Waals surface area (Å²) >= 11 is 0.690. The highest BCUT2D eigenvalue weighted by molar-refractivity contribution is 8.54. The van der Waals surface area contributed by atoms with Gasteiger partial charge in [-0.3, -0.25) is 37.0 Å². The van der Waals surface area contributed by atoms with Crippen LogP contribution in [0.4, 0.5) is 10.2 Å². The number of aromatic amines is 1. The van der Waals surface area contributed by atoms with E-state index in [4.69, 9.17) is 38.0 Å². The Morgan fingerprint density at radius 1 is 0.983 bits per heavy atom. The predicted molar refractivity (Wildman–Crippen MR) is 201 cm³/mol. The second kappa shape index (κ2) is 16.2. The molecule has 2 aromatic carbocycles. The second-order valence-electron chi connectivity index (χ2n) is 13.4. The second-order valence-corrected chi connectivity index (χ2v) is 18.8. The van der Waals surface area contributed by atoms with Gasteiger partial charge in [-0.2, -0.15) is 0 Å². The number of halogens is 1. The predicted octanol–water partition coefficient (Wildman–Crippen LogP) is 3.97. The van der Waals surface area contributed by atoms with E-state index in [1.165, 1.54) is 17.2 Å². The van der Waals surface area contributed by atoms with Crippen LogP contribution < -0.4 is 21.7 Å². The minimum absolute atomic E-state index is 0.0282. The van der Waals surface area contributed by atoms with Crippen LogP contribution in [0.5, 0.6) is 5.75 Å². The third-order valence-electron chi connectivity index (χ3n) is 9.35. The van der Waals surface area contributed by atoms with Gasteiger partial charge in [0.2, 0.25) is 0 Å². The first-order valence-corrected chi connectivity index (χ1v) is 22.2. The standard InChI is InChI=1S/C34H34FN7O13P2S/c1-18-2-6-20(7-3-18)33(44)52-21-8-4-19(5-9-21)15-58-57(48)50-13-22-12-23(31(51-22)42-17-39-27-29(36)37-16-38-30(27)42)54-56(46,47)49-14-24-26(35)28(55-57)32(53-24)41-11-10-25(43)40-34(41)45/h2-11,16-17,22-24,26,28,31-32H,12-15H2,1H3,(H,46,47)(H2,36,37,38)(H,40,43,45)/t22-,23+,24+,26+,28+,31+,32+,57?/m0/s1. The number of esters is 1. The molecule has 2 unspecified atom stereocenters. The van der Waals surface area contributed by atoms with E-state index < -0.39 is 88.1 Å². The Hall–Kier alpha value is -4.60. The Morgan fingerprint density at radius 2 is 1.76 bits per heavy atom. The Morgan fingerprint density at radius 3 is 2.52 bits per heavy atom. The van der Waals surface area contributed by atoms with Crippen LogP contribution >= 0.6 is 26.0 Å². The monoisotopic (exact) mass is 861 g/mol. The Kier molecular flexibility index (Phi) is 11.2. The zero-order valence-electron chi connectivity index (χ0n) is 30.1. The van der Waals surface area contributed by atoms with E-state index in [0.717, 1.165) is 22.4 Å². The van der Waals surface area contributed by atoms with Gasteiger partial charge in [0.15, 0.2) is 30.1 Å². The summed E-state index contributed by atoms with van der Waals surface area (Å²) in [7, 11) is -4.99. The number of anilines is 1. The number of ether oxygens (including phenoxy) is 3. The molecule has 9 atom stereocenters. The molecule has 3 aliphatic heterocycles. The maximum absolute atomic E-state index is 16.4. The van der Waals surface area contributed by atoms with Gasteiger partial charge in [0.05, 0.1) is 31.2 Å². The van der Waals surface area contributed by atoms with Crippen LogP contribution in [-0.2, 0) is 42.5 Å². The number of H-pyrrole nitrogens is 1. The van der Waals surface area contributed by atoms with Gasteiger partial charge in [-0.1, -0.05) is 29.8 Å². The quantitative estimate of drug-likeness (QED) is 0.119. The molecule has 20 nitrogen and oxygen atoms in total. The molecule has 8 rings (SSSR count). The minimum atomic E-state index is -4.99. The molecule has 0 radical (unpaired) electrons. The third-order valence-corrected chi connectivity index (χ3v) is 14.0. The number of nitrogens with two attached hydrogens (primary N) is 1. The van der Waals surface area contributed by atoms with Crippen molar-refractivity contribution in [1.29, 1.82) is 0 Å². The number of rotatable bonds is 7. The Balaban J connectivity index is 1.07. The molecule has 3 saturated heterocycles. The first-order chi connectivity index (χ1) is 27.7. The van der Waals surface area contributed by atoms with Crippen LogP contribution in [-0.4, -0.2) is 83.7 Å². The highest BCUT2D eigenvalue weighted by Crippen LogP contribution is 2.65. The summed E-state index contributed by atoms with van der Waals surface area (Å²) < 4.78 is 86.9. The largest absolute Gasteiger partial charge is 0.472 e. The van der Waals surface area contributed by atoms with Gasteiger partial charge in [0.1, 0.15) is 35.9 Å². The van der Waals surface area contributed by atoms with E-state index in [0.29, 0.717) is 22.5 Å². The molecule has 0 spiro atoms. The first kappa shape index (κ1) is 40.2. The van der Waals surface area contributed by atoms with Gasteiger partial charge in [0, 0.05) is 24.4 Å². The van der Waals surface area contributed by atoms with E-state index in [1.54, 1.807) is 48.5 Å². The Labute approximate surface area is 330 Å². The fourth-order valence-corrected chi connectivity index (χ4v) is 10.8. The number of nitrogen functional groups attached to an aromatic ring is 1. The number of alkyl halides is 1. The summed E-state index contributed by atoms with van der Waals surface area (Å²) in [5.41, 5.74) is 6.58. The fraction of sp³-hybridized carbons (Fsp3) is 0.353. The van der Waals surface area contributed by atoms with Crippen molar-refractivity contribution in [2.45, 2.75) is 62.1 Å². The molecule has 0 saturated carbocycles. The molecule has 24 heteroatoms. The molecule has 3 aromatic heterocycles. The molecule has 306 valence electrons. The summed E-state index contributed by atoms with van der Waals surface area (Å²) in [6, 6.07) is 14.2. The number of nitrogens with zero attached hydrogens (tertiary/aromatic N) is 5. The number of aryl methyl sites for hydroxylation is 1. The number of nitrogens with one attached hydrogen (secondary N) is 1. The van der Waals surface area contributed by atoms with Gasteiger partial charge in [0.25, 0.3) is 5.56 Å². The minimum Gasteiger partial charge on any atom is -0.423 e. The van der Waals surface area contributed by atoms with E-state index in [-0.39, 0.29) is 34.9 Å². The molecule has 0 amide bonds. The number of aromatic nitrogens is 6. The van der Waals surface area contributed by atoms with Crippen LogP contribution in [0.15, 0.2) is 83.0 Å². The van der Waals surface area contributed by atoms with Crippen molar-refractivity contribution >= 4 is 49.0 Å². The maximum Gasteiger partial charge on any atom is 0.472 e. The lowest BCUT2D eigenvalue weighted by molar-refractivity contribution is -0.0648. The normalized spacial score (nSPS) is 30.2. The van der Waals surface area contributed by atoms with Crippen molar-refractivity contribution in [2.24, 2.45) is 0 Å². The smallest absolute Gasteiger partial charge is 0.423 e. The third kappa shape index (κ3) is 8.57. The lowest BCUT2D eigenvalue weighted by Crippen LogP contribution is -2.37. The topological polar surface area (TPSA) is 261 Å². The number of hydrogen-bond donors (Lipinski definition) is 3. The summed E-state index contributed by atoms with van der Waals surface area (Å²) in [6.07, 6.45) is -7.29. The Bertz CT molecular complexity index is 2540. The van der Waals surface area contributed by atoms with Gasteiger partial charge in [-0.25, -0.2) is 38.1 Å². The number of imidazole rings is 1. The molecular weight excluding hydrogens is 827 g/mol. The van der Waals surface area contributed by atoms with Crippen LogP contribution in [0.1, 0.15) is 40.4 Å². The van der Waals surface area contributed by atoms with Crippen molar-refractivity contribution < 1.29 is 55.5 Å². The molecule has 3 aliphatic rings. The van der Waals surface area contributed by atoms with Crippen molar-refractivity contribution in [3.8, 4) is 5.75 Å². The summed E-state index contributed by atoms with van der Waals surface area (Å²) in [6.45, 7) is -3.94. The van der Waals surface area contributed by atoms with Gasteiger partial charge >= 0.3 is 26.3 Å². The van der Waals surface area contributed by atoms with E-state index in [1.807, 2.05) is 11.9 Å². The number of carbonyl (C=O) groups is 1. The number of hydrogen-bond acceptors (Lipinski definition) is 17. The molecule has 5 aromatic rings. The number of phosphoric acid groups is 1. The first-order valence-electron chi connectivity index (χ1n) is 17.5. The van der Waals surface area contributed by atoms with Crippen LogP contribution in [0.25, 0.3) is 11.2 Å². The van der Waals surface area contributed by atoms with Gasteiger partial charge in [-0.05, 0) is 48.1 Å². The highest BCUT2D eigenvalue weighted by atomic mass is 32.7. The molecule has 0 aliphatic carbocycles. The lowest BCUT2D eigenvalue weighted by Gasteiger charge is -2.27. The zero-order chi connectivity index (χ0) is 40.8. The summed E-state index contributed by atoms with van der Waals surface area (Å²) in [5.74, 6) is -0.268. The fourth-order valence-electron chi connectivity index (χ4n) is 6.47. The summed E-state index contributed by atoms with van der Waals surface area (Å²) in [4.78, 5) is 62.6. The molecular formula is C34H34FN7O13P2S. The van der Waals surface area contributed by atoms with Crippen molar-refractivity contribution in [3.63, 3.8) is 0 Å². The molecule has 58 heavy (non-hydrogen) atoms. The van der Waals surface area contributed by atoms with Crippen molar-refractivity contribution in [1.82, 2.24) is 29.1 Å². The van der Waals surface area contributed by atoms with Crippen LogP contribution in [0, 0.1) is 6.92 Å². The van der Waals surface area contributed by atoms with Crippen molar-refractivity contribution in [2.75, 3.05) is 18.9 Å². The number of carbonyl (C=O) groups excluding carboxylic acids is 1. The number of phosphoric ester groups is 1. The molecule has 4 N–H and O–H groups in total. The van der Waals surface area contributed by atoms with Crippen LogP contribution in [0.3, 0.4) is 0 Å². The van der Waals surface area contributed by atoms with E-state index in [9.17, 15) is 28.4 Å². The molecule has 6 heterocycles. The van der Waals surface area contributed by atoms with Crippen molar-refractivity contribution in [3.05, 3.63) is 111 Å². The lowest BCUT2D eigenvalue weighted by atomic mass is 10.1. The zero-order valence-corrected chi connectivity index (χ0v) is 32.7. The van der Waals surface area contributed by atoms with Gasteiger partial charge < -0.3 is 24.8 Å². The maximum atomic E-state index is 16.4. The molecule has 4 bridgehead atoms. The van der Waals surface area contributed by atoms with E-state index in [2.05, 4.69) is 15.0 Å². The SMILES string of the molecule is Cc1ccc(C(=O)Oc2ccc(CSP3(=O)OC[C@@H]4C[C@@H](OP(=O)(O)OC[C@H]5O[C@@H](n6ccc(=O)[nH]c6=O)[C@H](O3)[C@@H]5F)[C@H](n3cnc5c(N)ncnc53)O4)cc2)cc1. The summed E-state index contributed by atoms with van der Waals surface area (Å²) in [5, 5.41) is 0. The average Bonchev–Trinajstić information content (AvgIpc) is 3.88. The number of benzene rings is 2. The number of fused-ring (bicyclic) bond motifs is 5. The highest BCUT2D eigenvalue weighted by Gasteiger charge is 2.53. The average molecular weight is 862 g/mol. The van der Waals surface area contributed by atoms with Crippen LogP contribution in [0.2, 0.25) is 0 Å². The molecule has 3 fully saturated rings.